The molecule has 3 heterocycles. The van der Waals surface area contributed by atoms with E-state index in [0.29, 0.717) is 17.8 Å². The van der Waals surface area contributed by atoms with Gasteiger partial charge in [0.15, 0.2) is 5.65 Å². The van der Waals surface area contributed by atoms with Gasteiger partial charge in [0.05, 0.1) is 6.20 Å². The topological polar surface area (TPSA) is 74.6 Å². The summed E-state index contributed by atoms with van der Waals surface area (Å²) >= 11 is 0. The van der Waals surface area contributed by atoms with Gasteiger partial charge in [0.25, 0.3) is 5.91 Å². The van der Waals surface area contributed by atoms with Crippen LogP contribution in [-0.4, -0.2) is 64.7 Å². The first-order valence-corrected chi connectivity index (χ1v) is 7.26. The average Bonchev–Trinajstić information content (AvgIpc) is 2.91. The van der Waals surface area contributed by atoms with Crippen molar-refractivity contribution in [1.29, 1.82) is 0 Å². The van der Waals surface area contributed by atoms with Gasteiger partial charge >= 0.3 is 0 Å². The summed E-state index contributed by atoms with van der Waals surface area (Å²) < 4.78 is 1.62. The van der Waals surface area contributed by atoms with Crippen molar-refractivity contribution in [2.24, 2.45) is 0 Å². The number of amides is 1. The molecule has 0 aliphatic carbocycles. The normalized spacial score (nSPS) is 15.5. The first-order chi connectivity index (χ1) is 10.2. The number of carbonyl (C=O) groups excluding carboxylic acids is 1. The molecule has 1 aliphatic heterocycles. The van der Waals surface area contributed by atoms with Crippen molar-refractivity contribution < 1.29 is 4.79 Å². The molecule has 0 unspecified atom stereocenters. The monoisotopic (exact) mass is 324 g/mol. The van der Waals surface area contributed by atoms with E-state index in [1.807, 2.05) is 19.2 Å². The molecule has 1 saturated heterocycles. The minimum atomic E-state index is -0.113. The molecule has 2 N–H and O–H groups in total. The Bertz CT molecular complexity index is 637. The number of fused-ring (bicyclic) bond motifs is 1. The van der Waals surface area contributed by atoms with Gasteiger partial charge in [0, 0.05) is 51.2 Å². The van der Waals surface area contributed by atoms with Crippen molar-refractivity contribution >= 4 is 24.0 Å². The summed E-state index contributed by atoms with van der Waals surface area (Å²) in [6.45, 7) is 7.53. The molecule has 0 spiro atoms. The Morgan fingerprint density at radius 2 is 2.18 bits per heavy atom. The van der Waals surface area contributed by atoms with Gasteiger partial charge in [-0.25, -0.2) is 9.50 Å². The number of rotatable bonds is 4. The largest absolute Gasteiger partial charge is 0.351 e. The number of piperazine rings is 1. The van der Waals surface area contributed by atoms with E-state index in [2.05, 4.69) is 25.6 Å². The summed E-state index contributed by atoms with van der Waals surface area (Å²) in [4.78, 5) is 19.0. The zero-order valence-electron chi connectivity index (χ0n) is 12.6. The first kappa shape index (κ1) is 16.7. The van der Waals surface area contributed by atoms with Crippen LogP contribution in [0.5, 0.6) is 0 Å². The van der Waals surface area contributed by atoms with E-state index in [4.69, 9.17) is 0 Å². The van der Waals surface area contributed by atoms with Gasteiger partial charge in [-0.3, -0.25) is 9.69 Å². The fraction of sp³-hybridized carbons (Fsp3) is 0.500. The highest BCUT2D eigenvalue weighted by molar-refractivity contribution is 5.99. The number of carbonyl (C=O) groups is 1. The van der Waals surface area contributed by atoms with Crippen LogP contribution < -0.4 is 10.6 Å². The highest BCUT2D eigenvalue weighted by Crippen LogP contribution is 2.08. The quantitative estimate of drug-likeness (QED) is 0.834. The van der Waals surface area contributed by atoms with E-state index in [9.17, 15) is 4.79 Å². The van der Waals surface area contributed by atoms with E-state index in [1.165, 1.54) is 0 Å². The molecule has 0 bridgehead atoms. The Balaban J connectivity index is 0.00000176. The van der Waals surface area contributed by atoms with E-state index in [-0.39, 0.29) is 18.3 Å². The van der Waals surface area contributed by atoms with Crippen LogP contribution >= 0.6 is 12.4 Å². The smallest absolute Gasteiger partial charge is 0.256 e. The van der Waals surface area contributed by atoms with Crippen LogP contribution in [0.2, 0.25) is 0 Å². The van der Waals surface area contributed by atoms with Gasteiger partial charge in [0.2, 0.25) is 0 Å². The minimum absolute atomic E-state index is 0. The maximum absolute atomic E-state index is 12.2. The third kappa shape index (κ3) is 3.73. The number of hydrogen-bond acceptors (Lipinski definition) is 5. The Hall–Kier alpha value is -1.70. The zero-order chi connectivity index (χ0) is 14.7. The number of aromatic nitrogens is 3. The summed E-state index contributed by atoms with van der Waals surface area (Å²) in [5.41, 5.74) is 2.01. The van der Waals surface area contributed by atoms with Gasteiger partial charge < -0.3 is 10.6 Å². The molecule has 0 atom stereocenters. The highest BCUT2D eigenvalue weighted by Gasteiger charge is 2.14. The lowest BCUT2D eigenvalue weighted by Gasteiger charge is -2.27. The van der Waals surface area contributed by atoms with Crippen LogP contribution in [0.3, 0.4) is 0 Å². The molecule has 2 aromatic heterocycles. The summed E-state index contributed by atoms with van der Waals surface area (Å²) in [5, 5.41) is 10.4. The Morgan fingerprint density at radius 1 is 1.41 bits per heavy atom. The first-order valence-electron chi connectivity index (χ1n) is 7.26. The Labute approximate surface area is 135 Å². The van der Waals surface area contributed by atoms with Crippen molar-refractivity contribution in [3.05, 3.63) is 29.7 Å². The molecule has 0 radical (unpaired) electrons. The SMILES string of the molecule is Cc1ccn2ncc(C(=O)NCCN3CCNCC3)c2n1.Cl. The van der Waals surface area contributed by atoms with Gasteiger partial charge in [-0.2, -0.15) is 5.10 Å². The summed E-state index contributed by atoms with van der Waals surface area (Å²) in [5.74, 6) is -0.113. The average molecular weight is 325 g/mol. The predicted molar refractivity (Wildman–Crippen MR) is 86.6 cm³/mol. The van der Waals surface area contributed by atoms with E-state index >= 15 is 0 Å². The van der Waals surface area contributed by atoms with Crippen LogP contribution in [0.1, 0.15) is 16.1 Å². The molecule has 120 valence electrons. The van der Waals surface area contributed by atoms with Crippen molar-refractivity contribution in [1.82, 2.24) is 30.1 Å². The van der Waals surface area contributed by atoms with E-state index in [0.717, 1.165) is 38.4 Å². The third-order valence-electron chi connectivity index (χ3n) is 3.68. The number of nitrogens with one attached hydrogen (secondary N) is 2. The van der Waals surface area contributed by atoms with Gasteiger partial charge in [-0.15, -0.1) is 12.4 Å². The Kier molecular flexibility index (Phi) is 5.70. The molecular formula is C14H21ClN6O. The molecule has 2 aromatic rings. The number of aryl methyl sites for hydroxylation is 1. The summed E-state index contributed by atoms with van der Waals surface area (Å²) in [6, 6.07) is 1.87. The van der Waals surface area contributed by atoms with Crippen LogP contribution in [0, 0.1) is 6.92 Å². The van der Waals surface area contributed by atoms with Crippen molar-refractivity contribution in [3.8, 4) is 0 Å². The van der Waals surface area contributed by atoms with Crippen LogP contribution in [0.4, 0.5) is 0 Å². The van der Waals surface area contributed by atoms with Crippen molar-refractivity contribution in [2.75, 3.05) is 39.3 Å². The second-order valence-electron chi connectivity index (χ2n) is 5.24. The lowest BCUT2D eigenvalue weighted by Crippen LogP contribution is -2.46. The maximum atomic E-state index is 12.2. The fourth-order valence-electron chi connectivity index (χ4n) is 2.48. The molecule has 22 heavy (non-hydrogen) atoms. The van der Waals surface area contributed by atoms with Crippen LogP contribution in [-0.2, 0) is 0 Å². The third-order valence-corrected chi connectivity index (χ3v) is 3.68. The molecule has 1 fully saturated rings. The molecule has 7 nitrogen and oxygen atoms in total. The number of nitrogens with zero attached hydrogens (tertiary/aromatic N) is 4. The summed E-state index contributed by atoms with van der Waals surface area (Å²) in [6.07, 6.45) is 3.39. The number of halogens is 1. The van der Waals surface area contributed by atoms with E-state index < -0.39 is 0 Å². The molecule has 0 aromatic carbocycles. The fourth-order valence-corrected chi connectivity index (χ4v) is 2.48. The highest BCUT2D eigenvalue weighted by atomic mass is 35.5. The molecule has 1 aliphatic rings. The van der Waals surface area contributed by atoms with Gasteiger partial charge in [-0.1, -0.05) is 0 Å². The molecule has 0 saturated carbocycles. The molecule has 1 amide bonds. The number of hydrogen-bond donors (Lipinski definition) is 2. The van der Waals surface area contributed by atoms with Crippen molar-refractivity contribution in [3.63, 3.8) is 0 Å². The molecular weight excluding hydrogens is 304 g/mol. The van der Waals surface area contributed by atoms with Crippen LogP contribution in [0.25, 0.3) is 5.65 Å². The second kappa shape index (κ2) is 7.53. The van der Waals surface area contributed by atoms with E-state index in [1.54, 1.807) is 10.7 Å². The zero-order valence-corrected chi connectivity index (χ0v) is 13.4. The summed E-state index contributed by atoms with van der Waals surface area (Å²) in [7, 11) is 0. The predicted octanol–water partition coefficient (Wildman–Crippen LogP) is 0.0945. The maximum Gasteiger partial charge on any atom is 0.256 e. The van der Waals surface area contributed by atoms with Gasteiger partial charge in [0.1, 0.15) is 5.56 Å². The minimum Gasteiger partial charge on any atom is -0.351 e. The second-order valence-corrected chi connectivity index (χ2v) is 5.24. The standard InChI is InChI=1S/C14H20N6O.ClH/c1-11-2-6-20-13(18-11)12(10-17-20)14(21)16-5-9-19-7-3-15-4-8-19;/h2,6,10,15H,3-5,7-9H2,1H3,(H,16,21);1H. The van der Waals surface area contributed by atoms with Crippen LogP contribution in [0.15, 0.2) is 18.5 Å². The lowest BCUT2D eigenvalue weighted by atomic mass is 10.3. The molecule has 3 rings (SSSR count). The lowest BCUT2D eigenvalue weighted by molar-refractivity contribution is 0.0948. The van der Waals surface area contributed by atoms with Crippen molar-refractivity contribution in [2.45, 2.75) is 6.92 Å². The van der Waals surface area contributed by atoms with Gasteiger partial charge in [-0.05, 0) is 13.0 Å². The Morgan fingerprint density at radius 3 is 2.95 bits per heavy atom. The molecule has 8 heteroatoms.